The number of ether oxygens (including phenoxy) is 1. The van der Waals surface area contributed by atoms with Gasteiger partial charge in [0.1, 0.15) is 0 Å². The Morgan fingerprint density at radius 2 is 2.06 bits per heavy atom. The number of benzene rings is 2. The third-order valence-corrected chi connectivity index (χ3v) is 6.19. The minimum absolute atomic E-state index is 0.0681. The molecule has 4 rings (SSSR count). The Kier molecular flexibility index (Phi) is 6.68. The minimum Gasteiger partial charge on any atom is -0.376 e. The van der Waals surface area contributed by atoms with E-state index in [-0.39, 0.29) is 17.7 Å². The maximum atomic E-state index is 12.8. The van der Waals surface area contributed by atoms with Crippen LogP contribution in [0.3, 0.4) is 0 Å². The molecule has 1 fully saturated rings. The number of rotatable bonds is 6. The van der Waals surface area contributed by atoms with Crippen molar-refractivity contribution in [3.8, 4) is 0 Å². The number of nitrogens with one attached hydrogen (secondary N) is 2. The molecule has 2 atom stereocenters. The molecule has 2 heterocycles. The van der Waals surface area contributed by atoms with Gasteiger partial charge in [0, 0.05) is 24.2 Å². The Hall–Kier alpha value is -2.70. The van der Waals surface area contributed by atoms with Crippen molar-refractivity contribution in [3.63, 3.8) is 0 Å². The van der Waals surface area contributed by atoms with Gasteiger partial charge in [-0.3, -0.25) is 4.79 Å². The molecule has 162 valence electrons. The first-order valence-corrected chi connectivity index (χ1v) is 11.2. The predicted octanol–water partition coefficient (Wildman–Crippen LogP) is 4.45. The summed E-state index contributed by atoms with van der Waals surface area (Å²) in [6.45, 7) is 6.00. The van der Waals surface area contributed by atoms with E-state index in [1.807, 2.05) is 43.3 Å². The summed E-state index contributed by atoms with van der Waals surface area (Å²) in [5.41, 5.74) is 3.77. The Labute approximate surface area is 188 Å². The van der Waals surface area contributed by atoms with E-state index in [2.05, 4.69) is 40.3 Å². The van der Waals surface area contributed by atoms with Crippen LogP contribution in [0.4, 0.5) is 0 Å². The van der Waals surface area contributed by atoms with Gasteiger partial charge in [0.2, 0.25) is 0 Å². The van der Waals surface area contributed by atoms with Gasteiger partial charge in [0.25, 0.3) is 5.56 Å². The third kappa shape index (κ3) is 5.32. The molecule has 31 heavy (non-hydrogen) atoms. The second-order valence-corrected chi connectivity index (χ2v) is 8.70. The fraction of sp³-hybridized carbons (Fsp3) is 0.360. The molecule has 1 aliphatic heterocycles. The molecule has 0 radical (unpaired) electrons. The van der Waals surface area contributed by atoms with Crippen molar-refractivity contribution in [1.29, 1.82) is 0 Å². The summed E-state index contributed by atoms with van der Waals surface area (Å²) in [7, 11) is 0. The lowest BCUT2D eigenvalue weighted by Gasteiger charge is -2.30. The van der Waals surface area contributed by atoms with Crippen molar-refractivity contribution in [2.75, 3.05) is 13.2 Å². The molecule has 3 aromatic rings. The number of aryl methyl sites for hydroxylation is 1. The van der Waals surface area contributed by atoms with Crippen molar-refractivity contribution in [3.05, 3.63) is 81.6 Å². The zero-order valence-electron chi connectivity index (χ0n) is 18.1. The Morgan fingerprint density at radius 3 is 2.81 bits per heavy atom. The van der Waals surface area contributed by atoms with Crippen LogP contribution in [-0.4, -0.2) is 34.3 Å². The Balaban J connectivity index is 1.56. The summed E-state index contributed by atoms with van der Waals surface area (Å²) >= 11 is 5.79. The number of H-pyrrole nitrogens is 1. The van der Waals surface area contributed by atoms with Crippen LogP contribution in [0, 0.1) is 6.92 Å². The van der Waals surface area contributed by atoms with E-state index >= 15 is 0 Å². The number of nitrogens with zero attached hydrogens (tertiary/aromatic N) is 1. The normalized spacial score (nSPS) is 16.9. The predicted molar refractivity (Wildman–Crippen MR) is 129 cm³/mol. The van der Waals surface area contributed by atoms with Crippen LogP contribution in [0.1, 0.15) is 42.5 Å². The van der Waals surface area contributed by atoms with Crippen LogP contribution in [0.15, 0.2) is 59.4 Å². The molecule has 0 unspecified atom stereocenters. The molecule has 1 aliphatic rings. The average molecular weight is 436 g/mol. The van der Waals surface area contributed by atoms with Crippen molar-refractivity contribution >= 4 is 28.2 Å². The summed E-state index contributed by atoms with van der Waals surface area (Å²) in [6, 6.07) is 18.4. The standard InChI is InChI=1S/C25H29N3O2S/c1-17-10-11-20-14-21(24(29)27-23(20)13-17)15-28(16-22-9-6-12-30-22)25(31)26-18(2)19-7-4-3-5-8-19/h3-5,7-8,10-11,13-14,18,22H,6,9,12,15-16H2,1-2H3,(H,26,31)(H,27,29)/t18-,22+/m1/s1. The van der Waals surface area contributed by atoms with Gasteiger partial charge in [-0.25, -0.2) is 0 Å². The van der Waals surface area contributed by atoms with Crippen molar-refractivity contribution in [1.82, 2.24) is 15.2 Å². The molecule has 0 saturated carbocycles. The molecule has 1 aromatic heterocycles. The van der Waals surface area contributed by atoms with Gasteiger partial charge in [-0.2, -0.15) is 0 Å². The molecule has 0 aliphatic carbocycles. The van der Waals surface area contributed by atoms with Gasteiger partial charge in [-0.1, -0.05) is 42.5 Å². The average Bonchev–Trinajstić information content (AvgIpc) is 3.27. The van der Waals surface area contributed by atoms with Gasteiger partial charge in [-0.15, -0.1) is 0 Å². The molecule has 2 aromatic carbocycles. The molecule has 5 nitrogen and oxygen atoms in total. The minimum atomic E-state index is -0.0747. The first-order chi connectivity index (χ1) is 15.0. The van der Waals surface area contributed by atoms with Crippen LogP contribution < -0.4 is 10.9 Å². The topological polar surface area (TPSA) is 57.4 Å². The number of pyridine rings is 1. The molecule has 6 heteroatoms. The van der Waals surface area contributed by atoms with E-state index in [0.29, 0.717) is 23.8 Å². The molecule has 0 spiro atoms. The summed E-state index contributed by atoms with van der Waals surface area (Å²) < 4.78 is 5.86. The molecule has 1 saturated heterocycles. The van der Waals surface area contributed by atoms with Gasteiger partial charge < -0.3 is 19.9 Å². The first kappa shape index (κ1) is 21.5. The Morgan fingerprint density at radius 1 is 1.26 bits per heavy atom. The summed E-state index contributed by atoms with van der Waals surface area (Å²) in [4.78, 5) is 17.9. The molecular weight excluding hydrogens is 406 g/mol. The Bertz CT molecular complexity index is 1110. The second-order valence-electron chi connectivity index (χ2n) is 8.31. The maximum absolute atomic E-state index is 12.8. The van der Waals surface area contributed by atoms with E-state index in [1.54, 1.807) is 0 Å². The van der Waals surface area contributed by atoms with Gasteiger partial charge >= 0.3 is 0 Å². The number of fused-ring (bicyclic) bond motifs is 1. The monoisotopic (exact) mass is 435 g/mol. The summed E-state index contributed by atoms with van der Waals surface area (Å²) in [6.07, 6.45) is 2.21. The van der Waals surface area contributed by atoms with Crippen molar-refractivity contribution in [2.24, 2.45) is 0 Å². The van der Waals surface area contributed by atoms with Gasteiger partial charge in [0.15, 0.2) is 5.11 Å². The van der Waals surface area contributed by atoms with Gasteiger partial charge in [0.05, 0.1) is 18.7 Å². The quantitative estimate of drug-likeness (QED) is 0.560. The number of hydrogen-bond donors (Lipinski definition) is 2. The number of thiocarbonyl (C=S) groups is 1. The van der Waals surface area contributed by atoms with Crippen LogP contribution in [-0.2, 0) is 11.3 Å². The highest BCUT2D eigenvalue weighted by molar-refractivity contribution is 7.80. The number of hydrogen-bond acceptors (Lipinski definition) is 3. The second kappa shape index (κ2) is 9.62. The third-order valence-electron chi connectivity index (χ3n) is 5.81. The van der Waals surface area contributed by atoms with E-state index < -0.39 is 0 Å². The highest BCUT2D eigenvalue weighted by atomic mass is 32.1. The largest absolute Gasteiger partial charge is 0.376 e. The van der Waals surface area contributed by atoms with Crippen LogP contribution in [0.5, 0.6) is 0 Å². The lowest BCUT2D eigenvalue weighted by molar-refractivity contribution is 0.0895. The smallest absolute Gasteiger partial charge is 0.253 e. The SMILES string of the molecule is Cc1ccc2cc(CN(C[C@@H]3CCCO3)C(=S)N[C@H](C)c3ccccc3)c(=O)[nH]c2c1. The van der Waals surface area contributed by atoms with Crippen LogP contribution in [0.25, 0.3) is 10.9 Å². The van der Waals surface area contributed by atoms with E-state index in [9.17, 15) is 4.79 Å². The highest BCUT2D eigenvalue weighted by Gasteiger charge is 2.23. The van der Waals surface area contributed by atoms with Crippen molar-refractivity contribution in [2.45, 2.75) is 45.4 Å². The van der Waals surface area contributed by atoms with E-state index in [1.165, 1.54) is 5.56 Å². The summed E-state index contributed by atoms with van der Waals surface area (Å²) in [5.74, 6) is 0. The highest BCUT2D eigenvalue weighted by Crippen LogP contribution is 2.18. The molecular formula is C25H29N3O2S. The number of aromatic amines is 1. The maximum Gasteiger partial charge on any atom is 0.253 e. The van der Waals surface area contributed by atoms with Crippen molar-refractivity contribution < 1.29 is 4.74 Å². The van der Waals surface area contributed by atoms with Crippen LogP contribution in [0.2, 0.25) is 0 Å². The summed E-state index contributed by atoms with van der Waals surface area (Å²) in [5, 5.41) is 5.10. The lowest BCUT2D eigenvalue weighted by atomic mass is 10.1. The van der Waals surface area contributed by atoms with E-state index in [4.69, 9.17) is 17.0 Å². The molecule has 0 amide bonds. The fourth-order valence-corrected chi connectivity index (χ4v) is 4.35. The van der Waals surface area contributed by atoms with Gasteiger partial charge in [-0.05, 0) is 67.6 Å². The lowest BCUT2D eigenvalue weighted by Crippen LogP contribution is -2.44. The first-order valence-electron chi connectivity index (χ1n) is 10.8. The fourth-order valence-electron chi connectivity index (χ4n) is 4.04. The van der Waals surface area contributed by atoms with E-state index in [0.717, 1.165) is 35.9 Å². The van der Waals surface area contributed by atoms with Crippen LogP contribution >= 0.6 is 12.2 Å². The zero-order valence-corrected chi connectivity index (χ0v) is 18.9. The number of aromatic nitrogens is 1. The molecule has 2 N–H and O–H groups in total. The zero-order chi connectivity index (χ0) is 21.8. The molecule has 0 bridgehead atoms.